The smallest absolute Gasteiger partial charge is 0.119 e. The van der Waals surface area contributed by atoms with Gasteiger partial charge in [-0.1, -0.05) is 35.7 Å². The first kappa shape index (κ1) is 13.5. The van der Waals surface area contributed by atoms with Gasteiger partial charge >= 0.3 is 0 Å². The maximum Gasteiger partial charge on any atom is 0.119 e. The predicted molar refractivity (Wildman–Crippen MR) is 69.9 cm³/mol. The minimum Gasteiger partial charge on any atom is -0.497 e. The molecule has 0 aliphatic carbocycles. The number of ether oxygens (including phenoxy) is 1. The minimum atomic E-state index is -0.261. The van der Waals surface area contributed by atoms with Crippen molar-refractivity contribution in [2.45, 2.75) is 38.7 Å². The van der Waals surface area contributed by atoms with Crippen molar-refractivity contribution in [3.63, 3.8) is 0 Å². The quantitative estimate of drug-likeness (QED) is 0.867. The largest absolute Gasteiger partial charge is 0.497 e. The molecule has 90 valence electrons. The number of aliphatic hydroxyl groups excluding tert-OH is 1. The first-order valence-electron chi connectivity index (χ1n) is 5.67. The molecule has 0 aliphatic rings. The van der Waals surface area contributed by atoms with Crippen LogP contribution >= 0.6 is 15.9 Å². The highest BCUT2D eigenvalue weighted by molar-refractivity contribution is 9.10. The molecule has 0 aliphatic heterocycles. The summed E-state index contributed by atoms with van der Waals surface area (Å²) in [6.45, 7) is 2.13. The Bertz CT molecular complexity index is 326. The third kappa shape index (κ3) is 4.14. The molecule has 0 radical (unpaired) electrons. The summed E-state index contributed by atoms with van der Waals surface area (Å²) in [5, 5.41) is 9.86. The first-order chi connectivity index (χ1) is 7.67. The molecule has 2 nitrogen and oxygen atoms in total. The summed E-state index contributed by atoms with van der Waals surface area (Å²) in [7, 11) is 1.65. The highest BCUT2D eigenvalue weighted by Gasteiger charge is 2.08. The van der Waals surface area contributed by atoms with Gasteiger partial charge in [0.15, 0.2) is 0 Å². The van der Waals surface area contributed by atoms with Crippen molar-refractivity contribution in [2.75, 3.05) is 7.11 Å². The molecule has 0 amide bonds. The normalized spacial score (nSPS) is 12.5. The zero-order valence-corrected chi connectivity index (χ0v) is 11.5. The third-order valence-electron chi connectivity index (χ3n) is 2.60. The van der Waals surface area contributed by atoms with Gasteiger partial charge < -0.3 is 9.84 Å². The Balaban J connectivity index is 2.64. The van der Waals surface area contributed by atoms with Gasteiger partial charge in [0.25, 0.3) is 0 Å². The Kier molecular flexibility index (Phi) is 5.85. The molecule has 0 spiro atoms. The maximum atomic E-state index is 9.86. The number of hydrogen-bond acceptors (Lipinski definition) is 2. The molecule has 3 heteroatoms. The lowest BCUT2D eigenvalue weighted by Gasteiger charge is -2.12. The van der Waals surface area contributed by atoms with Gasteiger partial charge in [0.1, 0.15) is 5.75 Å². The number of methoxy groups -OCH3 is 1. The van der Waals surface area contributed by atoms with Crippen LogP contribution in [0, 0.1) is 0 Å². The molecule has 1 atom stereocenters. The van der Waals surface area contributed by atoms with Crippen LogP contribution in [0.25, 0.3) is 0 Å². The van der Waals surface area contributed by atoms with Gasteiger partial charge in [-0.3, -0.25) is 0 Å². The van der Waals surface area contributed by atoms with Gasteiger partial charge in [0.2, 0.25) is 0 Å². The number of benzene rings is 1. The zero-order valence-electron chi connectivity index (χ0n) is 9.87. The second-order valence-corrected chi connectivity index (χ2v) is 4.81. The molecule has 1 aromatic rings. The molecular formula is C13H19BrO2. The van der Waals surface area contributed by atoms with Gasteiger partial charge in [-0.25, -0.2) is 0 Å². The summed E-state index contributed by atoms with van der Waals surface area (Å²) in [6, 6.07) is 5.84. The van der Waals surface area contributed by atoms with Crippen molar-refractivity contribution in [3.8, 4) is 5.75 Å². The van der Waals surface area contributed by atoms with E-state index in [4.69, 9.17) is 4.74 Å². The second kappa shape index (κ2) is 6.92. The summed E-state index contributed by atoms with van der Waals surface area (Å²) in [5.41, 5.74) is 1.10. The van der Waals surface area contributed by atoms with Gasteiger partial charge in [0.05, 0.1) is 13.2 Å². The molecule has 0 fully saturated rings. The molecule has 1 unspecified atom stereocenters. The fourth-order valence-corrected chi connectivity index (χ4v) is 2.04. The lowest BCUT2D eigenvalue weighted by Crippen LogP contribution is -2.10. The number of rotatable bonds is 6. The predicted octanol–water partition coefficient (Wildman–Crippen LogP) is 3.55. The van der Waals surface area contributed by atoms with Gasteiger partial charge in [-0.05, 0) is 36.6 Å². The van der Waals surface area contributed by atoms with Gasteiger partial charge in [-0.2, -0.15) is 0 Å². The summed E-state index contributed by atoms with van der Waals surface area (Å²) < 4.78 is 6.20. The molecule has 0 aromatic heterocycles. The van der Waals surface area contributed by atoms with Crippen LogP contribution in [0.15, 0.2) is 22.7 Å². The standard InChI is InChI=1S/C13H19BrO2/c1-3-4-5-11(15)8-10-9-12(16-2)6-7-13(10)14/h6-7,9,11,15H,3-5,8H2,1-2H3. The lowest BCUT2D eigenvalue weighted by atomic mass is 10.0. The van der Waals surface area contributed by atoms with E-state index in [1.807, 2.05) is 18.2 Å². The lowest BCUT2D eigenvalue weighted by molar-refractivity contribution is 0.161. The molecule has 0 bridgehead atoms. The minimum absolute atomic E-state index is 0.261. The van der Waals surface area contributed by atoms with Crippen LogP contribution in [0.4, 0.5) is 0 Å². The van der Waals surface area contributed by atoms with Crippen LogP contribution in [0.2, 0.25) is 0 Å². The van der Waals surface area contributed by atoms with Crippen LogP contribution in [0.1, 0.15) is 31.7 Å². The van der Waals surface area contributed by atoms with E-state index in [1.165, 1.54) is 0 Å². The maximum absolute atomic E-state index is 9.86. The van der Waals surface area contributed by atoms with E-state index in [0.717, 1.165) is 35.0 Å². The van der Waals surface area contributed by atoms with Crippen LogP contribution in [0.3, 0.4) is 0 Å². The van der Waals surface area contributed by atoms with Crippen molar-refractivity contribution in [2.24, 2.45) is 0 Å². The number of aliphatic hydroxyl groups is 1. The van der Waals surface area contributed by atoms with E-state index in [0.29, 0.717) is 6.42 Å². The molecule has 0 saturated carbocycles. The van der Waals surface area contributed by atoms with Crippen LogP contribution in [-0.4, -0.2) is 18.3 Å². The van der Waals surface area contributed by atoms with Crippen molar-refractivity contribution in [1.29, 1.82) is 0 Å². The van der Waals surface area contributed by atoms with E-state index in [2.05, 4.69) is 22.9 Å². The summed E-state index contributed by atoms with van der Waals surface area (Å²) >= 11 is 3.49. The SMILES string of the molecule is CCCCC(O)Cc1cc(OC)ccc1Br. The highest BCUT2D eigenvalue weighted by atomic mass is 79.9. The molecule has 0 heterocycles. The van der Waals surface area contributed by atoms with Crippen molar-refractivity contribution >= 4 is 15.9 Å². The third-order valence-corrected chi connectivity index (χ3v) is 3.37. The molecule has 1 rings (SSSR count). The fraction of sp³-hybridized carbons (Fsp3) is 0.538. The van der Waals surface area contributed by atoms with Gasteiger partial charge in [-0.15, -0.1) is 0 Å². The summed E-state index contributed by atoms with van der Waals surface area (Å²) in [4.78, 5) is 0. The van der Waals surface area contributed by atoms with E-state index < -0.39 is 0 Å². The van der Waals surface area contributed by atoms with Crippen LogP contribution < -0.4 is 4.74 Å². The van der Waals surface area contributed by atoms with Crippen molar-refractivity contribution in [1.82, 2.24) is 0 Å². The average molecular weight is 287 g/mol. The molecule has 0 saturated heterocycles. The Labute approximate surface area is 106 Å². The Morgan fingerprint density at radius 2 is 2.19 bits per heavy atom. The molecule has 1 N–H and O–H groups in total. The van der Waals surface area contributed by atoms with Crippen LogP contribution in [0.5, 0.6) is 5.75 Å². The Hall–Kier alpha value is -0.540. The highest BCUT2D eigenvalue weighted by Crippen LogP contribution is 2.24. The summed E-state index contributed by atoms with van der Waals surface area (Å²) in [5.74, 6) is 0.834. The topological polar surface area (TPSA) is 29.5 Å². The van der Waals surface area contributed by atoms with Crippen molar-refractivity contribution < 1.29 is 9.84 Å². The van der Waals surface area contributed by atoms with E-state index in [1.54, 1.807) is 7.11 Å². The molecular weight excluding hydrogens is 268 g/mol. The number of hydrogen-bond donors (Lipinski definition) is 1. The van der Waals surface area contributed by atoms with Crippen molar-refractivity contribution in [3.05, 3.63) is 28.2 Å². The van der Waals surface area contributed by atoms with E-state index in [9.17, 15) is 5.11 Å². The molecule has 16 heavy (non-hydrogen) atoms. The Morgan fingerprint density at radius 3 is 2.81 bits per heavy atom. The van der Waals surface area contributed by atoms with Crippen LogP contribution in [-0.2, 0) is 6.42 Å². The van der Waals surface area contributed by atoms with E-state index in [-0.39, 0.29) is 6.10 Å². The summed E-state index contributed by atoms with van der Waals surface area (Å²) in [6.07, 6.45) is 3.47. The van der Waals surface area contributed by atoms with Gasteiger partial charge in [0, 0.05) is 4.47 Å². The Morgan fingerprint density at radius 1 is 1.44 bits per heavy atom. The zero-order chi connectivity index (χ0) is 12.0. The molecule has 1 aromatic carbocycles. The first-order valence-corrected chi connectivity index (χ1v) is 6.47. The number of unbranched alkanes of at least 4 members (excludes halogenated alkanes) is 1. The fourth-order valence-electron chi connectivity index (χ4n) is 1.63. The number of halogens is 1. The monoisotopic (exact) mass is 286 g/mol. The average Bonchev–Trinajstić information content (AvgIpc) is 2.29. The second-order valence-electron chi connectivity index (χ2n) is 3.96. The van der Waals surface area contributed by atoms with E-state index >= 15 is 0 Å².